The van der Waals surface area contributed by atoms with E-state index in [1.165, 1.54) is 63.7 Å². The predicted octanol–water partition coefficient (Wildman–Crippen LogP) is 5.81. The highest BCUT2D eigenvalue weighted by Gasteiger charge is 2.52. The molecule has 6 aliphatic rings. The molecule has 2 aliphatic carbocycles. The van der Waals surface area contributed by atoms with Gasteiger partial charge in [-0.05, 0) is 108 Å². The molecule has 4 saturated heterocycles. The maximum Gasteiger partial charge on any atom is 0.409 e. The summed E-state index contributed by atoms with van der Waals surface area (Å²) in [5.74, 6) is 2.05. The van der Waals surface area contributed by atoms with Crippen molar-refractivity contribution in [2.75, 3.05) is 66.1 Å². The average molecular weight is 669 g/mol. The van der Waals surface area contributed by atoms with Crippen molar-refractivity contribution in [3.8, 4) is 0 Å². The Balaban J connectivity index is 0.000000150. The third-order valence-corrected chi connectivity index (χ3v) is 13.1. The van der Waals surface area contributed by atoms with Gasteiger partial charge in [0.05, 0.1) is 24.9 Å². The molecule has 2 amide bonds. The first-order chi connectivity index (χ1) is 22.9. The Morgan fingerprint density at radius 3 is 1.89 bits per heavy atom. The molecule has 4 aliphatic heterocycles. The van der Waals surface area contributed by atoms with Crippen LogP contribution in [0, 0.1) is 10.8 Å². The topological polar surface area (TPSA) is 104 Å². The van der Waals surface area contributed by atoms with E-state index >= 15 is 0 Å². The van der Waals surface area contributed by atoms with Gasteiger partial charge in [0.25, 0.3) is 0 Å². The van der Waals surface area contributed by atoms with Gasteiger partial charge in [-0.15, -0.1) is 11.3 Å². The molecule has 2 aromatic rings. The number of carbonyl (C=O) groups is 2. The lowest BCUT2D eigenvalue weighted by Crippen LogP contribution is -2.54. The molecule has 2 spiro atoms. The number of piperidine rings is 2. The van der Waals surface area contributed by atoms with E-state index in [9.17, 15) is 9.59 Å². The van der Waals surface area contributed by atoms with Crippen LogP contribution in [-0.4, -0.2) is 120 Å². The molecule has 11 nitrogen and oxygen atoms in total. The maximum atomic E-state index is 11.9. The Labute approximate surface area is 283 Å². The Hall–Kier alpha value is -2.70. The standard InChI is InChI=1S/C18H27N3O3.C17H25N3O2S/c1-2-23-17(22)21-9-5-18(13-21)11-15(12-18)20-7-3-14(4-8-20)16-19-6-10-24-16;1-22-16(21)20-8-4-17(12-20)10-14(11-17)19-6-2-13(3-7-19)15-18-5-9-23-15/h6,10,14-15H,2-5,7-9,11-13H2,1H3;5,9,13-14H,2-4,6-8,10-12H2,1H3. The smallest absolute Gasteiger partial charge is 0.409 e. The second-order valence-electron chi connectivity index (χ2n) is 15.0. The summed E-state index contributed by atoms with van der Waals surface area (Å²) in [7, 11) is 1.48. The molecule has 0 aromatic carbocycles. The monoisotopic (exact) mass is 668 g/mol. The summed E-state index contributed by atoms with van der Waals surface area (Å²) < 4.78 is 15.5. The van der Waals surface area contributed by atoms with E-state index in [2.05, 4.69) is 25.1 Å². The fourth-order valence-corrected chi connectivity index (χ4v) is 10.3. The third-order valence-electron chi connectivity index (χ3n) is 12.2. The first-order valence-corrected chi connectivity index (χ1v) is 18.8. The lowest BCUT2D eigenvalue weighted by molar-refractivity contribution is -0.00582. The minimum absolute atomic E-state index is 0.135. The average Bonchev–Trinajstić information content (AvgIpc) is 3.90. The van der Waals surface area contributed by atoms with Crippen molar-refractivity contribution < 1.29 is 23.5 Å². The number of likely N-dealkylation sites (tertiary alicyclic amines) is 4. The zero-order valence-corrected chi connectivity index (χ0v) is 29.0. The quantitative estimate of drug-likeness (QED) is 0.391. The van der Waals surface area contributed by atoms with Crippen LogP contribution in [0.4, 0.5) is 9.59 Å². The van der Waals surface area contributed by atoms with E-state index in [0.717, 1.165) is 76.9 Å². The molecule has 2 aromatic heterocycles. The number of thiazole rings is 1. The highest BCUT2D eigenvalue weighted by atomic mass is 32.1. The van der Waals surface area contributed by atoms with Crippen molar-refractivity contribution >= 4 is 23.5 Å². The molecule has 6 heterocycles. The lowest BCUT2D eigenvalue weighted by atomic mass is 9.64. The second kappa shape index (κ2) is 14.0. The number of rotatable bonds is 5. The van der Waals surface area contributed by atoms with Gasteiger partial charge in [0.15, 0.2) is 5.89 Å². The van der Waals surface area contributed by atoms with E-state index in [1.54, 1.807) is 23.8 Å². The summed E-state index contributed by atoms with van der Waals surface area (Å²) >= 11 is 1.80. The Morgan fingerprint density at radius 1 is 0.830 bits per heavy atom. The van der Waals surface area contributed by atoms with E-state index in [1.807, 2.05) is 22.9 Å². The zero-order valence-electron chi connectivity index (χ0n) is 28.2. The summed E-state index contributed by atoms with van der Waals surface area (Å²) in [6, 6.07) is 1.42. The molecule has 0 atom stereocenters. The zero-order chi connectivity index (χ0) is 32.4. The van der Waals surface area contributed by atoms with Crippen molar-refractivity contribution in [1.29, 1.82) is 0 Å². The molecule has 6 fully saturated rings. The molecule has 0 unspecified atom stereocenters. The molecular weight excluding hydrogens is 616 g/mol. The van der Waals surface area contributed by atoms with Crippen molar-refractivity contribution in [1.82, 2.24) is 29.6 Å². The van der Waals surface area contributed by atoms with Gasteiger partial charge in [0.1, 0.15) is 6.26 Å². The van der Waals surface area contributed by atoms with Gasteiger partial charge in [-0.25, -0.2) is 19.6 Å². The van der Waals surface area contributed by atoms with Crippen LogP contribution in [0.5, 0.6) is 0 Å². The molecule has 0 radical (unpaired) electrons. The largest absolute Gasteiger partial charge is 0.453 e. The number of methoxy groups -OCH3 is 1. The van der Waals surface area contributed by atoms with Gasteiger partial charge in [-0.3, -0.25) is 0 Å². The van der Waals surface area contributed by atoms with Crippen LogP contribution in [0.3, 0.4) is 0 Å². The fourth-order valence-electron chi connectivity index (χ4n) is 9.48. The Bertz CT molecular complexity index is 1310. The van der Waals surface area contributed by atoms with E-state index < -0.39 is 0 Å². The summed E-state index contributed by atoms with van der Waals surface area (Å²) in [4.78, 5) is 41.4. The van der Waals surface area contributed by atoms with E-state index in [4.69, 9.17) is 13.9 Å². The van der Waals surface area contributed by atoms with Crippen LogP contribution >= 0.6 is 11.3 Å². The summed E-state index contributed by atoms with van der Waals surface area (Å²) in [6.07, 6.45) is 17.1. The fraction of sp³-hybridized carbons (Fsp3) is 0.771. The number of aromatic nitrogens is 2. The minimum atomic E-state index is -0.158. The predicted molar refractivity (Wildman–Crippen MR) is 178 cm³/mol. The first-order valence-electron chi connectivity index (χ1n) is 17.9. The number of hydrogen-bond acceptors (Lipinski definition) is 10. The Morgan fingerprint density at radius 2 is 1.40 bits per heavy atom. The van der Waals surface area contributed by atoms with Crippen LogP contribution in [0.2, 0.25) is 0 Å². The number of hydrogen-bond donors (Lipinski definition) is 0. The van der Waals surface area contributed by atoms with Crippen molar-refractivity contribution in [3.05, 3.63) is 34.9 Å². The molecule has 0 N–H and O–H groups in total. The van der Waals surface area contributed by atoms with Crippen LogP contribution in [-0.2, 0) is 9.47 Å². The van der Waals surface area contributed by atoms with Crippen molar-refractivity contribution in [2.24, 2.45) is 10.8 Å². The number of ether oxygens (including phenoxy) is 2. The molecule has 2 saturated carbocycles. The number of nitrogens with zero attached hydrogens (tertiary/aromatic N) is 6. The van der Waals surface area contributed by atoms with E-state index in [0.29, 0.717) is 35.3 Å². The minimum Gasteiger partial charge on any atom is -0.453 e. The number of oxazole rings is 1. The van der Waals surface area contributed by atoms with Crippen LogP contribution in [0.15, 0.2) is 28.5 Å². The summed E-state index contributed by atoms with van der Waals surface area (Å²) in [5.41, 5.74) is 0.738. The van der Waals surface area contributed by atoms with Gasteiger partial charge in [-0.2, -0.15) is 0 Å². The third kappa shape index (κ3) is 7.06. The van der Waals surface area contributed by atoms with E-state index in [-0.39, 0.29) is 12.2 Å². The number of amides is 2. The normalized spacial score (nSPS) is 31.8. The first kappa shape index (κ1) is 32.8. The van der Waals surface area contributed by atoms with Crippen molar-refractivity contribution in [2.45, 2.75) is 95.1 Å². The van der Waals surface area contributed by atoms with Crippen LogP contribution in [0.1, 0.15) is 93.9 Å². The van der Waals surface area contributed by atoms with Gasteiger partial charge in [0, 0.05) is 61.7 Å². The summed E-state index contributed by atoms with van der Waals surface area (Å²) in [6.45, 7) is 10.5. The number of carbonyl (C=O) groups excluding carboxylic acids is 2. The van der Waals surface area contributed by atoms with Gasteiger partial charge in [0.2, 0.25) is 0 Å². The molecule has 12 heteroatoms. The van der Waals surface area contributed by atoms with Crippen LogP contribution < -0.4 is 0 Å². The lowest BCUT2D eigenvalue weighted by Gasteiger charge is -2.51. The SMILES string of the molecule is CCOC(=O)N1CCC2(CC(N3CCC(c4ncco4)CC3)C2)C1.COC(=O)N1CCC2(CC(N3CCC(c4nccs4)CC3)C2)C1. The molecule has 47 heavy (non-hydrogen) atoms. The van der Waals surface area contributed by atoms with Gasteiger partial charge >= 0.3 is 12.2 Å². The maximum absolute atomic E-state index is 11.9. The van der Waals surface area contributed by atoms with Crippen LogP contribution in [0.25, 0.3) is 0 Å². The van der Waals surface area contributed by atoms with Crippen molar-refractivity contribution in [3.63, 3.8) is 0 Å². The summed E-state index contributed by atoms with van der Waals surface area (Å²) in [5, 5.41) is 3.41. The second-order valence-corrected chi connectivity index (χ2v) is 15.9. The highest BCUT2D eigenvalue weighted by Crippen LogP contribution is 2.52. The van der Waals surface area contributed by atoms with Gasteiger partial charge < -0.3 is 33.5 Å². The molecule has 0 bridgehead atoms. The molecule has 8 rings (SSSR count). The Kier molecular flexibility index (Phi) is 9.80. The van der Waals surface area contributed by atoms with Gasteiger partial charge in [-0.1, -0.05) is 0 Å². The molecule has 258 valence electrons. The molecular formula is C35H52N6O5S. The highest BCUT2D eigenvalue weighted by molar-refractivity contribution is 7.09.